The van der Waals surface area contributed by atoms with E-state index in [4.69, 9.17) is 0 Å². The van der Waals surface area contributed by atoms with Gasteiger partial charge in [-0.3, -0.25) is 4.79 Å². The van der Waals surface area contributed by atoms with Crippen LogP contribution in [0.15, 0.2) is 58.4 Å². The maximum atomic E-state index is 11.2. The average Bonchev–Trinajstić information content (AvgIpc) is 2.32. The first kappa shape index (κ1) is 11.0. The lowest BCUT2D eigenvalue weighted by atomic mass is 10.2. The number of hydrogen-bond donors (Lipinski definition) is 0. The van der Waals surface area contributed by atoms with Crippen LogP contribution in [-0.2, 0) is 12.8 Å². The van der Waals surface area contributed by atoms with E-state index in [0.717, 1.165) is 10.6 Å². The fraction of sp³-hybridized carbons (Fsp3) is 0.154. The Bertz CT molecular complexity index is 519. The van der Waals surface area contributed by atoms with Crippen LogP contribution < -0.4 is 5.56 Å². The number of hydrogen-bond acceptors (Lipinski definition) is 2. The minimum atomic E-state index is 0.0315. The molecular formula is C13H13NOS. The molecule has 0 unspecified atom stereocenters. The van der Waals surface area contributed by atoms with Crippen LogP contribution in [0.25, 0.3) is 0 Å². The summed E-state index contributed by atoms with van der Waals surface area (Å²) in [7, 11) is 1.77. The molecule has 0 fully saturated rings. The van der Waals surface area contributed by atoms with Crippen LogP contribution in [0.1, 0.15) is 5.56 Å². The summed E-state index contributed by atoms with van der Waals surface area (Å²) in [6.07, 6.45) is 1.87. The van der Waals surface area contributed by atoms with E-state index in [9.17, 15) is 4.79 Å². The van der Waals surface area contributed by atoms with Crippen LogP contribution in [0, 0.1) is 0 Å². The molecule has 1 heterocycles. The molecule has 0 aliphatic heterocycles. The highest BCUT2D eigenvalue weighted by atomic mass is 32.2. The summed E-state index contributed by atoms with van der Waals surface area (Å²) >= 11 is 1.74. The Kier molecular flexibility index (Phi) is 3.47. The second kappa shape index (κ2) is 5.03. The van der Waals surface area contributed by atoms with Gasteiger partial charge >= 0.3 is 0 Å². The second-order valence-electron chi connectivity index (χ2n) is 3.59. The molecule has 82 valence electrons. The smallest absolute Gasteiger partial charge is 0.250 e. The predicted molar refractivity (Wildman–Crippen MR) is 67.7 cm³/mol. The first-order valence-electron chi connectivity index (χ1n) is 5.09. The van der Waals surface area contributed by atoms with Crippen molar-refractivity contribution >= 4 is 11.8 Å². The third-order valence-electron chi connectivity index (χ3n) is 2.31. The summed E-state index contributed by atoms with van der Waals surface area (Å²) in [5.74, 6) is 0.930. The number of nitrogens with zero attached hydrogens (tertiary/aromatic N) is 1. The van der Waals surface area contributed by atoms with E-state index in [0.29, 0.717) is 0 Å². The molecule has 16 heavy (non-hydrogen) atoms. The molecule has 2 aromatic rings. The molecule has 1 aromatic heterocycles. The fourth-order valence-electron chi connectivity index (χ4n) is 1.39. The van der Waals surface area contributed by atoms with Crippen LogP contribution in [0.5, 0.6) is 0 Å². The molecule has 0 amide bonds. The second-order valence-corrected chi connectivity index (χ2v) is 4.64. The fourth-order valence-corrected chi connectivity index (χ4v) is 2.32. The molecule has 0 saturated carbocycles. The van der Waals surface area contributed by atoms with Gasteiger partial charge in [-0.2, -0.15) is 0 Å². The Hall–Kier alpha value is -1.48. The standard InChI is InChI=1S/C13H13NOS/c1-14-9-12(7-8-13(14)15)16-10-11-5-3-2-4-6-11/h2-9H,10H2,1H3. The van der Waals surface area contributed by atoms with Gasteiger partial charge in [0.05, 0.1) is 0 Å². The van der Waals surface area contributed by atoms with Crippen molar-refractivity contribution in [3.63, 3.8) is 0 Å². The van der Waals surface area contributed by atoms with E-state index >= 15 is 0 Å². The molecular weight excluding hydrogens is 218 g/mol. The monoisotopic (exact) mass is 231 g/mol. The molecule has 1 aromatic carbocycles. The van der Waals surface area contributed by atoms with Gasteiger partial charge in [0.2, 0.25) is 5.56 Å². The molecule has 2 rings (SSSR count). The van der Waals surface area contributed by atoms with Crippen molar-refractivity contribution < 1.29 is 0 Å². The van der Waals surface area contributed by atoms with Gasteiger partial charge in [-0.15, -0.1) is 11.8 Å². The van der Waals surface area contributed by atoms with E-state index in [1.807, 2.05) is 30.5 Å². The van der Waals surface area contributed by atoms with Crippen molar-refractivity contribution in [2.45, 2.75) is 10.6 Å². The van der Waals surface area contributed by atoms with Gasteiger partial charge in [0.1, 0.15) is 0 Å². The topological polar surface area (TPSA) is 22.0 Å². The zero-order chi connectivity index (χ0) is 11.4. The molecule has 0 bridgehead atoms. The highest BCUT2D eigenvalue weighted by Crippen LogP contribution is 2.20. The normalized spacial score (nSPS) is 10.3. The molecule has 0 spiro atoms. The number of aryl methyl sites for hydroxylation is 1. The van der Waals surface area contributed by atoms with E-state index in [2.05, 4.69) is 12.1 Å². The lowest BCUT2D eigenvalue weighted by molar-refractivity contribution is 0.840. The van der Waals surface area contributed by atoms with Crippen molar-refractivity contribution in [3.8, 4) is 0 Å². The van der Waals surface area contributed by atoms with Gasteiger partial charge in [0.15, 0.2) is 0 Å². The average molecular weight is 231 g/mol. The minimum Gasteiger partial charge on any atom is -0.317 e. The van der Waals surface area contributed by atoms with E-state index < -0.39 is 0 Å². The first-order valence-corrected chi connectivity index (χ1v) is 6.08. The Morgan fingerprint density at radius 3 is 2.56 bits per heavy atom. The SMILES string of the molecule is Cn1cc(SCc2ccccc2)ccc1=O. The van der Waals surface area contributed by atoms with Crippen LogP contribution in [-0.4, -0.2) is 4.57 Å². The van der Waals surface area contributed by atoms with Gasteiger partial charge in [-0.1, -0.05) is 30.3 Å². The van der Waals surface area contributed by atoms with Crippen molar-refractivity contribution in [1.82, 2.24) is 4.57 Å². The lowest BCUT2D eigenvalue weighted by Crippen LogP contribution is -2.13. The highest BCUT2D eigenvalue weighted by Gasteiger charge is 1.97. The molecule has 0 radical (unpaired) electrons. The zero-order valence-corrected chi connectivity index (χ0v) is 9.91. The third kappa shape index (κ3) is 2.76. The van der Waals surface area contributed by atoms with Gasteiger partial charge in [-0.25, -0.2) is 0 Å². The van der Waals surface area contributed by atoms with Gasteiger partial charge in [0, 0.05) is 30.0 Å². The Morgan fingerprint density at radius 1 is 1.12 bits per heavy atom. The molecule has 2 nitrogen and oxygen atoms in total. The summed E-state index contributed by atoms with van der Waals surface area (Å²) in [6, 6.07) is 13.8. The Labute approximate surface area is 98.9 Å². The largest absolute Gasteiger partial charge is 0.317 e. The van der Waals surface area contributed by atoms with Crippen LogP contribution in [0.2, 0.25) is 0 Å². The van der Waals surface area contributed by atoms with Crippen LogP contribution in [0.3, 0.4) is 0 Å². The minimum absolute atomic E-state index is 0.0315. The van der Waals surface area contributed by atoms with Crippen molar-refractivity contribution in [2.24, 2.45) is 7.05 Å². The maximum absolute atomic E-state index is 11.2. The molecule has 0 N–H and O–H groups in total. The number of pyridine rings is 1. The molecule has 0 atom stereocenters. The van der Waals surface area contributed by atoms with Crippen molar-refractivity contribution in [2.75, 3.05) is 0 Å². The van der Waals surface area contributed by atoms with Gasteiger partial charge in [-0.05, 0) is 11.6 Å². The molecule has 0 aliphatic rings. The summed E-state index contributed by atoms with van der Waals surface area (Å²) < 4.78 is 1.60. The molecule has 0 aliphatic carbocycles. The van der Waals surface area contributed by atoms with E-state index in [1.165, 1.54) is 5.56 Å². The lowest BCUT2D eigenvalue weighted by Gasteiger charge is -2.03. The van der Waals surface area contributed by atoms with Gasteiger partial charge in [0.25, 0.3) is 0 Å². The zero-order valence-electron chi connectivity index (χ0n) is 9.09. The first-order chi connectivity index (χ1) is 7.75. The third-order valence-corrected chi connectivity index (χ3v) is 3.36. The van der Waals surface area contributed by atoms with Crippen molar-refractivity contribution in [1.29, 1.82) is 0 Å². The number of benzene rings is 1. The summed E-state index contributed by atoms with van der Waals surface area (Å²) in [5, 5.41) is 0. The summed E-state index contributed by atoms with van der Waals surface area (Å²) in [5.41, 5.74) is 1.32. The van der Waals surface area contributed by atoms with Crippen LogP contribution in [0.4, 0.5) is 0 Å². The van der Waals surface area contributed by atoms with E-state index in [-0.39, 0.29) is 5.56 Å². The van der Waals surface area contributed by atoms with E-state index in [1.54, 1.807) is 29.4 Å². The number of rotatable bonds is 3. The summed E-state index contributed by atoms with van der Waals surface area (Å²) in [6.45, 7) is 0. The van der Waals surface area contributed by atoms with Crippen LogP contribution >= 0.6 is 11.8 Å². The van der Waals surface area contributed by atoms with Gasteiger partial charge < -0.3 is 4.57 Å². The molecule has 0 saturated heterocycles. The predicted octanol–water partition coefficient (Wildman–Crippen LogP) is 2.68. The highest BCUT2D eigenvalue weighted by molar-refractivity contribution is 7.98. The summed E-state index contributed by atoms with van der Waals surface area (Å²) in [4.78, 5) is 12.3. The molecule has 3 heteroatoms. The maximum Gasteiger partial charge on any atom is 0.250 e. The number of aromatic nitrogens is 1. The number of thioether (sulfide) groups is 1. The quantitative estimate of drug-likeness (QED) is 0.758. The Morgan fingerprint density at radius 2 is 1.88 bits per heavy atom. The van der Waals surface area contributed by atoms with Crippen molar-refractivity contribution in [3.05, 3.63) is 64.6 Å². The Balaban J connectivity index is 2.05.